The lowest BCUT2D eigenvalue weighted by molar-refractivity contribution is -0.144. The van der Waals surface area contributed by atoms with E-state index in [1.54, 1.807) is 10.9 Å². The Hall–Kier alpha value is -2.27. The molecule has 9 nitrogen and oxygen atoms in total. The number of ether oxygens (including phenoxy) is 1. The molecule has 0 radical (unpaired) electrons. The van der Waals surface area contributed by atoms with Crippen LogP contribution in [0.3, 0.4) is 0 Å². The van der Waals surface area contributed by atoms with Gasteiger partial charge >= 0.3 is 5.97 Å². The van der Waals surface area contributed by atoms with Gasteiger partial charge in [0.1, 0.15) is 6.61 Å². The third-order valence-electron chi connectivity index (χ3n) is 6.30. The van der Waals surface area contributed by atoms with Crippen molar-refractivity contribution in [1.82, 2.24) is 24.2 Å². The molecule has 0 saturated carbocycles. The van der Waals surface area contributed by atoms with Crippen LogP contribution in [0, 0.1) is 5.92 Å². The van der Waals surface area contributed by atoms with Crippen molar-refractivity contribution in [2.75, 3.05) is 32.5 Å². The smallest absolute Gasteiger partial charge is 0.306 e. The summed E-state index contributed by atoms with van der Waals surface area (Å²) in [4.78, 5) is 13.9. The molecule has 1 fully saturated rings. The highest BCUT2D eigenvalue weighted by Gasteiger charge is 2.38. The molecule has 2 aromatic rings. The van der Waals surface area contributed by atoms with Crippen LogP contribution >= 0.6 is 11.6 Å². The standard InChI is InChI=1S/C23H30ClN5O4S/c1-27(10-11-33-23(30)12-18-6-2-3-7-18)21-16-29(34(31,32)17-21)15-20-14-28(26-25-20)13-19-8-4-5-9-22(19)24/h2,4-6,8-9,14,18,21H,3,7,10-13,15-17H2,1H3. The van der Waals surface area contributed by atoms with E-state index in [2.05, 4.69) is 22.5 Å². The zero-order valence-electron chi connectivity index (χ0n) is 19.2. The quantitative estimate of drug-likeness (QED) is 0.359. The lowest BCUT2D eigenvalue weighted by atomic mass is 10.1. The molecular weight excluding hydrogens is 478 g/mol. The Morgan fingerprint density at radius 1 is 1.29 bits per heavy atom. The van der Waals surface area contributed by atoms with Gasteiger partial charge in [-0.15, -0.1) is 5.10 Å². The number of hydrogen-bond donors (Lipinski definition) is 0. The largest absolute Gasteiger partial charge is 0.464 e. The van der Waals surface area contributed by atoms with E-state index < -0.39 is 10.0 Å². The Kier molecular flexibility index (Phi) is 8.02. The number of carbonyl (C=O) groups is 1. The van der Waals surface area contributed by atoms with Gasteiger partial charge in [0.2, 0.25) is 10.0 Å². The molecule has 34 heavy (non-hydrogen) atoms. The first-order valence-corrected chi connectivity index (χ1v) is 13.4. The van der Waals surface area contributed by atoms with Crippen molar-refractivity contribution in [3.05, 3.63) is 58.9 Å². The Morgan fingerprint density at radius 2 is 2.12 bits per heavy atom. The molecule has 11 heteroatoms. The molecule has 2 unspecified atom stereocenters. The highest BCUT2D eigenvalue weighted by atomic mass is 35.5. The van der Waals surface area contributed by atoms with Crippen molar-refractivity contribution in [3.63, 3.8) is 0 Å². The van der Waals surface area contributed by atoms with Gasteiger partial charge in [0.25, 0.3) is 0 Å². The topological polar surface area (TPSA) is 97.6 Å². The minimum Gasteiger partial charge on any atom is -0.464 e. The fraction of sp³-hybridized carbons (Fsp3) is 0.522. The summed E-state index contributed by atoms with van der Waals surface area (Å²) in [5.41, 5.74) is 1.49. The molecule has 4 rings (SSSR count). The van der Waals surface area contributed by atoms with Gasteiger partial charge in [-0.3, -0.25) is 9.69 Å². The van der Waals surface area contributed by atoms with Crippen LogP contribution in [0.4, 0.5) is 0 Å². The highest BCUT2D eigenvalue weighted by Crippen LogP contribution is 2.22. The summed E-state index contributed by atoms with van der Waals surface area (Å²) in [6.07, 6.45) is 8.33. The first-order valence-electron chi connectivity index (χ1n) is 11.4. The summed E-state index contributed by atoms with van der Waals surface area (Å²) in [7, 11) is -1.56. The zero-order chi connectivity index (χ0) is 24.1. The molecular formula is C23H30ClN5O4S. The number of hydrogen-bond acceptors (Lipinski definition) is 7. The predicted octanol–water partition coefficient (Wildman–Crippen LogP) is 2.33. The lowest BCUT2D eigenvalue weighted by Crippen LogP contribution is -2.38. The van der Waals surface area contributed by atoms with E-state index >= 15 is 0 Å². The van der Waals surface area contributed by atoms with Gasteiger partial charge < -0.3 is 4.74 Å². The monoisotopic (exact) mass is 507 g/mol. The minimum absolute atomic E-state index is 0.0259. The van der Waals surface area contributed by atoms with Crippen LogP contribution < -0.4 is 0 Å². The van der Waals surface area contributed by atoms with Crippen LogP contribution in [0.25, 0.3) is 0 Å². The first kappa shape index (κ1) is 24.8. The molecule has 1 saturated heterocycles. The fourth-order valence-corrected chi connectivity index (χ4v) is 6.25. The molecule has 1 aromatic heterocycles. The zero-order valence-corrected chi connectivity index (χ0v) is 20.8. The maximum Gasteiger partial charge on any atom is 0.306 e. The van der Waals surface area contributed by atoms with Crippen molar-refractivity contribution in [2.45, 2.75) is 38.4 Å². The van der Waals surface area contributed by atoms with E-state index in [-0.39, 0.29) is 36.8 Å². The maximum absolute atomic E-state index is 12.7. The molecule has 1 aliphatic heterocycles. The third kappa shape index (κ3) is 6.44. The van der Waals surface area contributed by atoms with Gasteiger partial charge in [0.15, 0.2) is 0 Å². The second-order valence-corrected chi connectivity index (χ2v) is 11.3. The number of likely N-dealkylation sites (N-methyl/N-ethyl adjacent to an activating group) is 1. The Bertz CT molecular complexity index is 1140. The Morgan fingerprint density at radius 3 is 2.88 bits per heavy atom. The van der Waals surface area contributed by atoms with Crippen molar-refractivity contribution >= 4 is 27.6 Å². The second-order valence-electron chi connectivity index (χ2n) is 8.89. The van der Waals surface area contributed by atoms with Crippen LogP contribution in [0.1, 0.15) is 30.5 Å². The van der Waals surface area contributed by atoms with E-state index in [9.17, 15) is 13.2 Å². The maximum atomic E-state index is 12.7. The van der Waals surface area contributed by atoms with E-state index in [0.29, 0.717) is 36.8 Å². The summed E-state index contributed by atoms with van der Waals surface area (Å²) >= 11 is 6.21. The molecule has 2 atom stereocenters. The van der Waals surface area contributed by atoms with Crippen LogP contribution in [0.15, 0.2) is 42.6 Å². The van der Waals surface area contributed by atoms with Crippen molar-refractivity contribution < 1.29 is 17.9 Å². The summed E-state index contributed by atoms with van der Waals surface area (Å²) in [5.74, 6) is 0.102. The number of sulfonamides is 1. The average Bonchev–Trinajstić information content (AvgIpc) is 3.52. The van der Waals surface area contributed by atoms with E-state index in [0.717, 1.165) is 18.4 Å². The second kappa shape index (κ2) is 11.0. The van der Waals surface area contributed by atoms with Crippen molar-refractivity contribution in [1.29, 1.82) is 0 Å². The van der Waals surface area contributed by atoms with Gasteiger partial charge in [-0.05, 0) is 37.4 Å². The van der Waals surface area contributed by atoms with Crippen molar-refractivity contribution in [3.8, 4) is 0 Å². The molecule has 0 N–H and O–H groups in total. The van der Waals surface area contributed by atoms with Gasteiger partial charge in [0, 0.05) is 24.2 Å². The van der Waals surface area contributed by atoms with Gasteiger partial charge in [-0.1, -0.05) is 47.2 Å². The van der Waals surface area contributed by atoms with Crippen LogP contribution in [-0.4, -0.2) is 77.1 Å². The van der Waals surface area contributed by atoms with Crippen LogP contribution in [-0.2, 0) is 32.6 Å². The molecule has 0 bridgehead atoms. The number of aromatic nitrogens is 3. The summed E-state index contributed by atoms with van der Waals surface area (Å²) in [5, 5.41) is 8.90. The number of halogens is 1. The van der Waals surface area contributed by atoms with E-state index in [1.807, 2.05) is 36.2 Å². The first-order chi connectivity index (χ1) is 16.3. The number of carbonyl (C=O) groups excluding carboxylic acids is 1. The summed E-state index contributed by atoms with van der Waals surface area (Å²) in [6, 6.07) is 7.32. The fourth-order valence-electron chi connectivity index (χ4n) is 4.27. The molecule has 184 valence electrons. The Labute approximate surface area is 205 Å². The molecule has 0 spiro atoms. The van der Waals surface area contributed by atoms with E-state index in [4.69, 9.17) is 16.3 Å². The molecule has 2 aliphatic rings. The highest BCUT2D eigenvalue weighted by molar-refractivity contribution is 7.89. The number of allylic oxidation sites excluding steroid dienone is 2. The molecule has 1 aromatic carbocycles. The van der Waals surface area contributed by atoms with Crippen LogP contribution in [0.5, 0.6) is 0 Å². The number of nitrogens with zero attached hydrogens (tertiary/aromatic N) is 5. The average molecular weight is 508 g/mol. The number of rotatable bonds is 10. The molecule has 0 amide bonds. The van der Waals surface area contributed by atoms with Crippen molar-refractivity contribution in [2.24, 2.45) is 5.92 Å². The molecule has 2 heterocycles. The SMILES string of the molecule is CN(CCOC(=O)CC1C=CCC1)C1CN(Cc2cn(Cc3ccccc3Cl)nn2)S(=O)(=O)C1. The van der Waals surface area contributed by atoms with Gasteiger partial charge in [-0.25, -0.2) is 13.1 Å². The van der Waals surface area contributed by atoms with E-state index in [1.165, 1.54) is 4.31 Å². The Balaban J connectivity index is 1.25. The predicted molar refractivity (Wildman–Crippen MR) is 129 cm³/mol. The summed E-state index contributed by atoms with van der Waals surface area (Å²) in [6.45, 7) is 1.71. The third-order valence-corrected chi connectivity index (χ3v) is 8.54. The number of benzene rings is 1. The molecule has 1 aliphatic carbocycles. The normalized spacial score (nSPS) is 22.0. The van der Waals surface area contributed by atoms with Gasteiger partial charge in [0.05, 0.1) is 37.2 Å². The lowest BCUT2D eigenvalue weighted by Gasteiger charge is -2.23. The minimum atomic E-state index is -3.41. The van der Waals surface area contributed by atoms with Gasteiger partial charge in [-0.2, -0.15) is 4.31 Å². The van der Waals surface area contributed by atoms with Crippen LogP contribution in [0.2, 0.25) is 5.02 Å². The summed E-state index contributed by atoms with van der Waals surface area (Å²) < 4.78 is 33.9. The number of esters is 1.